The van der Waals surface area contributed by atoms with E-state index in [1.165, 1.54) is 0 Å². The van der Waals surface area contributed by atoms with E-state index in [1.807, 2.05) is 0 Å². The third-order valence-corrected chi connectivity index (χ3v) is 2.78. The van der Waals surface area contributed by atoms with Crippen LogP contribution in [0.15, 0.2) is 4.52 Å². The molecule has 2 fully saturated rings. The van der Waals surface area contributed by atoms with Gasteiger partial charge in [-0.2, -0.15) is 4.98 Å². The van der Waals surface area contributed by atoms with Gasteiger partial charge >= 0.3 is 0 Å². The number of hydrogen-bond acceptors (Lipinski definition) is 4. The van der Waals surface area contributed by atoms with E-state index in [-0.39, 0.29) is 11.7 Å². The first kappa shape index (κ1) is 8.15. The highest BCUT2D eigenvalue weighted by atomic mass is 16.5. The summed E-state index contributed by atoms with van der Waals surface area (Å²) in [7, 11) is 0. The molecule has 0 aliphatic heterocycles. The summed E-state index contributed by atoms with van der Waals surface area (Å²) in [6.45, 7) is 0. The van der Waals surface area contributed by atoms with Crippen molar-refractivity contribution in [3.63, 3.8) is 0 Å². The van der Waals surface area contributed by atoms with E-state index in [2.05, 4.69) is 10.1 Å². The Morgan fingerprint density at radius 3 is 2.79 bits per heavy atom. The minimum absolute atomic E-state index is 0.260. The Balaban J connectivity index is 1.66. The van der Waals surface area contributed by atoms with Crippen molar-refractivity contribution in [3.05, 3.63) is 11.7 Å². The summed E-state index contributed by atoms with van der Waals surface area (Å²) in [4.78, 5) is 15.7. The number of nitrogens with zero attached hydrogens (tertiary/aromatic N) is 2. The van der Waals surface area contributed by atoms with E-state index in [0.29, 0.717) is 18.2 Å². The minimum atomic E-state index is 0.260. The van der Waals surface area contributed by atoms with Crippen molar-refractivity contribution in [2.24, 2.45) is 5.92 Å². The van der Waals surface area contributed by atoms with Crippen molar-refractivity contribution >= 4 is 5.78 Å². The molecule has 1 heterocycles. The standard InChI is InChI=1S/C10H12N2O2/c13-8(6-1-2-6)5-9-11-10(12-14-9)7-3-4-7/h6-7H,1-5H2. The lowest BCUT2D eigenvalue weighted by Crippen LogP contribution is -2.04. The molecule has 0 amide bonds. The Morgan fingerprint density at radius 1 is 1.36 bits per heavy atom. The zero-order valence-corrected chi connectivity index (χ0v) is 7.90. The van der Waals surface area contributed by atoms with Crippen LogP contribution in [0.2, 0.25) is 0 Å². The Bertz CT molecular complexity index is 364. The topological polar surface area (TPSA) is 56.0 Å². The smallest absolute Gasteiger partial charge is 0.234 e. The van der Waals surface area contributed by atoms with Gasteiger partial charge in [0.1, 0.15) is 5.78 Å². The van der Waals surface area contributed by atoms with Gasteiger partial charge in [0.05, 0.1) is 6.42 Å². The third kappa shape index (κ3) is 1.56. The summed E-state index contributed by atoms with van der Waals surface area (Å²) in [5, 5.41) is 3.87. The van der Waals surface area contributed by atoms with Crippen LogP contribution in [0.25, 0.3) is 0 Å². The summed E-state index contributed by atoms with van der Waals surface area (Å²) in [6.07, 6.45) is 4.75. The second-order valence-corrected chi connectivity index (χ2v) is 4.24. The van der Waals surface area contributed by atoms with Crippen LogP contribution in [0.3, 0.4) is 0 Å². The molecular weight excluding hydrogens is 180 g/mol. The molecule has 2 aliphatic carbocycles. The third-order valence-electron chi connectivity index (χ3n) is 2.78. The zero-order chi connectivity index (χ0) is 9.54. The average Bonchev–Trinajstić information content (AvgIpc) is 3.06. The number of aromatic nitrogens is 2. The van der Waals surface area contributed by atoms with Crippen LogP contribution in [0.5, 0.6) is 0 Å². The molecule has 3 rings (SSSR count). The van der Waals surface area contributed by atoms with Gasteiger partial charge < -0.3 is 4.52 Å². The highest BCUT2D eigenvalue weighted by Crippen LogP contribution is 2.38. The van der Waals surface area contributed by atoms with Crippen LogP contribution in [-0.4, -0.2) is 15.9 Å². The molecule has 0 aromatic carbocycles. The number of rotatable bonds is 4. The number of carbonyl (C=O) groups excluding carboxylic acids is 1. The van der Waals surface area contributed by atoms with E-state index in [9.17, 15) is 4.79 Å². The van der Waals surface area contributed by atoms with Crippen LogP contribution in [0.1, 0.15) is 43.3 Å². The van der Waals surface area contributed by atoms with Crippen molar-refractivity contribution < 1.29 is 9.32 Å². The molecule has 0 unspecified atom stereocenters. The monoisotopic (exact) mass is 192 g/mol. The lowest BCUT2D eigenvalue weighted by Gasteiger charge is -1.90. The fourth-order valence-electron chi connectivity index (χ4n) is 1.55. The van der Waals surface area contributed by atoms with Gasteiger partial charge in [-0.05, 0) is 25.7 Å². The van der Waals surface area contributed by atoms with Crippen LogP contribution in [0, 0.1) is 5.92 Å². The van der Waals surface area contributed by atoms with Crippen LogP contribution >= 0.6 is 0 Å². The van der Waals surface area contributed by atoms with Gasteiger partial charge in [0.25, 0.3) is 0 Å². The number of carbonyl (C=O) groups is 1. The predicted molar refractivity (Wildman–Crippen MR) is 47.7 cm³/mol. The maximum atomic E-state index is 11.4. The molecule has 0 N–H and O–H groups in total. The van der Waals surface area contributed by atoms with Gasteiger partial charge in [-0.15, -0.1) is 0 Å². The van der Waals surface area contributed by atoms with E-state index < -0.39 is 0 Å². The molecular formula is C10H12N2O2. The van der Waals surface area contributed by atoms with Crippen molar-refractivity contribution in [2.45, 2.75) is 38.0 Å². The highest BCUT2D eigenvalue weighted by Gasteiger charge is 2.32. The predicted octanol–water partition coefficient (Wildman–Crippen LogP) is 1.47. The molecule has 74 valence electrons. The quantitative estimate of drug-likeness (QED) is 0.724. The molecule has 0 radical (unpaired) electrons. The number of hydrogen-bond donors (Lipinski definition) is 0. The average molecular weight is 192 g/mol. The van der Waals surface area contributed by atoms with E-state index in [4.69, 9.17) is 4.52 Å². The molecule has 2 aliphatic rings. The first-order valence-electron chi connectivity index (χ1n) is 5.18. The van der Waals surface area contributed by atoms with Crippen molar-refractivity contribution in [2.75, 3.05) is 0 Å². The van der Waals surface area contributed by atoms with Gasteiger partial charge in [0, 0.05) is 11.8 Å². The van der Waals surface area contributed by atoms with Gasteiger partial charge in [-0.1, -0.05) is 5.16 Å². The fourth-order valence-corrected chi connectivity index (χ4v) is 1.55. The Kier molecular flexibility index (Phi) is 1.69. The SMILES string of the molecule is O=C(Cc1nc(C2CC2)no1)C1CC1. The molecule has 0 bridgehead atoms. The molecule has 0 atom stereocenters. The van der Waals surface area contributed by atoms with Crippen LogP contribution in [0.4, 0.5) is 0 Å². The zero-order valence-electron chi connectivity index (χ0n) is 7.90. The molecule has 4 nitrogen and oxygen atoms in total. The summed E-state index contributed by atoms with van der Waals surface area (Å²) in [5.41, 5.74) is 0. The van der Waals surface area contributed by atoms with Crippen LogP contribution in [-0.2, 0) is 11.2 Å². The van der Waals surface area contributed by atoms with Gasteiger partial charge in [0.15, 0.2) is 5.82 Å². The van der Waals surface area contributed by atoms with E-state index >= 15 is 0 Å². The summed E-state index contributed by atoms with van der Waals surface area (Å²) >= 11 is 0. The molecule has 4 heteroatoms. The van der Waals surface area contributed by atoms with Crippen molar-refractivity contribution in [3.8, 4) is 0 Å². The van der Waals surface area contributed by atoms with Crippen LogP contribution < -0.4 is 0 Å². The molecule has 2 saturated carbocycles. The van der Waals surface area contributed by atoms with E-state index in [0.717, 1.165) is 31.5 Å². The molecule has 0 spiro atoms. The summed E-state index contributed by atoms with van der Waals surface area (Å²) in [6, 6.07) is 0. The molecule has 1 aromatic heterocycles. The first-order valence-corrected chi connectivity index (χ1v) is 5.18. The lowest BCUT2D eigenvalue weighted by atomic mass is 10.2. The Morgan fingerprint density at radius 2 is 2.14 bits per heavy atom. The normalized spacial score (nSPS) is 21.1. The summed E-state index contributed by atoms with van der Waals surface area (Å²) < 4.78 is 5.03. The summed E-state index contributed by atoms with van der Waals surface area (Å²) in [5.74, 6) is 2.35. The molecule has 0 saturated heterocycles. The molecule has 14 heavy (non-hydrogen) atoms. The van der Waals surface area contributed by atoms with Crippen molar-refractivity contribution in [1.82, 2.24) is 10.1 Å². The first-order chi connectivity index (χ1) is 6.83. The van der Waals surface area contributed by atoms with Gasteiger partial charge in [-0.25, -0.2) is 0 Å². The van der Waals surface area contributed by atoms with E-state index in [1.54, 1.807) is 0 Å². The second-order valence-electron chi connectivity index (χ2n) is 4.24. The lowest BCUT2D eigenvalue weighted by molar-refractivity contribution is -0.119. The largest absolute Gasteiger partial charge is 0.339 e. The number of Topliss-reactive ketones (excluding diaryl/α,β-unsaturated/α-hetero) is 1. The maximum Gasteiger partial charge on any atom is 0.234 e. The minimum Gasteiger partial charge on any atom is -0.339 e. The Hall–Kier alpha value is -1.19. The number of ketones is 1. The highest BCUT2D eigenvalue weighted by molar-refractivity contribution is 5.84. The molecule has 1 aromatic rings. The van der Waals surface area contributed by atoms with Gasteiger partial charge in [0.2, 0.25) is 5.89 Å². The second kappa shape index (κ2) is 2.90. The van der Waals surface area contributed by atoms with Crippen molar-refractivity contribution in [1.29, 1.82) is 0 Å². The Labute approximate surface area is 81.7 Å². The fraction of sp³-hybridized carbons (Fsp3) is 0.700. The van der Waals surface area contributed by atoms with Gasteiger partial charge in [-0.3, -0.25) is 4.79 Å². The maximum absolute atomic E-state index is 11.4.